The Morgan fingerprint density at radius 3 is 2.77 bits per heavy atom. The van der Waals surface area contributed by atoms with Gasteiger partial charge in [-0.2, -0.15) is 0 Å². The average molecular weight is 374 g/mol. The van der Waals surface area contributed by atoms with Gasteiger partial charge in [-0.25, -0.2) is 9.37 Å². The van der Waals surface area contributed by atoms with Gasteiger partial charge in [-0.15, -0.1) is 11.3 Å². The van der Waals surface area contributed by atoms with E-state index >= 15 is 0 Å². The number of aromatic nitrogens is 1. The van der Waals surface area contributed by atoms with Crippen LogP contribution in [0.3, 0.4) is 0 Å². The fourth-order valence-corrected chi connectivity index (χ4v) is 2.89. The first-order valence-corrected chi connectivity index (χ1v) is 8.50. The third-order valence-corrected chi connectivity index (χ3v) is 4.60. The van der Waals surface area contributed by atoms with Crippen LogP contribution in [0, 0.1) is 19.7 Å². The monoisotopic (exact) mass is 374 g/mol. The Balaban J connectivity index is 1.69. The summed E-state index contributed by atoms with van der Waals surface area (Å²) in [6, 6.07) is 7.11. The minimum Gasteiger partial charge on any atom is -0.482 e. The number of benzene rings is 1. The van der Waals surface area contributed by atoms with E-state index in [1.165, 1.54) is 17.4 Å². The van der Waals surface area contributed by atoms with Crippen molar-refractivity contribution in [3.05, 3.63) is 74.5 Å². The van der Waals surface area contributed by atoms with E-state index in [9.17, 15) is 14.0 Å². The summed E-state index contributed by atoms with van der Waals surface area (Å²) in [5.41, 5.74) is 0.594. The number of ether oxygens (including phenoxy) is 1. The molecule has 1 N–H and O–H groups in total. The zero-order chi connectivity index (χ0) is 18.7. The topological polar surface area (TPSA) is 81.4 Å². The molecule has 0 saturated carbocycles. The fraction of sp³-hybridized carbons (Fsp3) is 0.167. The van der Waals surface area contributed by atoms with Crippen LogP contribution in [-0.2, 0) is 6.61 Å². The maximum atomic E-state index is 13.6. The number of halogens is 1. The van der Waals surface area contributed by atoms with Crippen LogP contribution in [0.4, 0.5) is 9.52 Å². The number of carbonyl (C=O) groups is 1. The molecule has 0 fully saturated rings. The summed E-state index contributed by atoms with van der Waals surface area (Å²) in [7, 11) is 0. The first-order valence-electron chi connectivity index (χ1n) is 7.68. The number of hydrogen-bond acceptors (Lipinski definition) is 6. The Kier molecular flexibility index (Phi) is 5.13. The van der Waals surface area contributed by atoms with Crippen LogP contribution in [0.1, 0.15) is 26.7 Å². The lowest BCUT2D eigenvalue weighted by molar-refractivity contribution is 0.0993. The number of hydrogen-bond donors (Lipinski definition) is 1. The van der Waals surface area contributed by atoms with Gasteiger partial charge in [-0.1, -0.05) is 18.2 Å². The molecule has 8 heteroatoms. The van der Waals surface area contributed by atoms with Gasteiger partial charge in [0, 0.05) is 16.5 Å². The minimum absolute atomic E-state index is 0.106. The normalized spacial score (nSPS) is 10.6. The lowest BCUT2D eigenvalue weighted by Crippen LogP contribution is -2.15. The highest BCUT2D eigenvalue weighted by molar-refractivity contribution is 7.15. The lowest BCUT2D eigenvalue weighted by Gasteiger charge is -2.06. The summed E-state index contributed by atoms with van der Waals surface area (Å²) in [5, 5.41) is 3.00. The van der Waals surface area contributed by atoms with Crippen LogP contribution in [-0.4, -0.2) is 10.9 Å². The molecule has 134 valence electrons. The van der Waals surface area contributed by atoms with E-state index in [4.69, 9.17) is 9.15 Å². The highest BCUT2D eigenvalue weighted by atomic mass is 32.1. The molecule has 2 aromatic heterocycles. The van der Waals surface area contributed by atoms with Crippen molar-refractivity contribution in [3.63, 3.8) is 0 Å². The second-order valence-corrected chi connectivity index (χ2v) is 6.67. The number of nitrogens with zero attached hydrogens (tertiary/aromatic N) is 1. The van der Waals surface area contributed by atoms with Crippen molar-refractivity contribution >= 4 is 22.4 Å². The maximum Gasteiger partial charge on any atom is 0.293 e. The van der Waals surface area contributed by atoms with Crippen LogP contribution in [0.25, 0.3) is 0 Å². The van der Waals surface area contributed by atoms with Gasteiger partial charge in [0.2, 0.25) is 11.2 Å². The Bertz CT molecular complexity index is 993. The molecule has 1 amide bonds. The second-order valence-electron chi connectivity index (χ2n) is 5.47. The number of amides is 1. The summed E-state index contributed by atoms with van der Waals surface area (Å²) in [5.74, 6) is -1.29. The molecule has 0 aliphatic heterocycles. The zero-order valence-corrected chi connectivity index (χ0v) is 14.9. The van der Waals surface area contributed by atoms with Gasteiger partial charge in [-0.05, 0) is 19.9 Å². The summed E-state index contributed by atoms with van der Waals surface area (Å²) < 4.78 is 24.0. The molecule has 6 nitrogen and oxygen atoms in total. The van der Waals surface area contributed by atoms with E-state index in [1.54, 1.807) is 18.2 Å². The predicted octanol–water partition coefficient (Wildman–Crippen LogP) is 3.68. The van der Waals surface area contributed by atoms with Crippen LogP contribution >= 0.6 is 11.3 Å². The Hall–Kier alpha value is -3.00. The van der Waals surface area contributed by atoms with Crippen LogP contribution in [0.5, 0.6) is 5.75 Å². The zero-order valence-electron chi connectivity index (χ0n) is 14.0. The van der Waals surface area contributed by atoms with Crippen LogP contribution in [0.2, 0.25) is 0 Å². The van der Waals surface area contributed by atoms with Crippen molar-refractivity contribution in [3.8, 4) is 5.75 Å². The maximum absolute atomic E-state index is 13.6. The first-order chi connectivity index (χ1) is 12.4. The smallest absolute Gasteiger partial charge is 0.293 e. The van der Waals surface area contributed by atoms with Crippen LogP contribution < -0.4 is 15.5 Å². The number of thiazole rings is 1. The number of anilines is 1. The standard InChI is InChI=1S/C18H15FN2O4S/c1-10-11(2)26-18(20-10)21-17(23)15-7-14(22)16(9-25-15)24-8-12-5-3-4-6-13(12)19/h3-7,9H,8H2,1-2H3,(H,20,21,23). The Labute approximate surface area is 152 Å². The van der Waals surface area contributed by atoms with Crippen molar-refractivity contribution in [2.45, 2.75) is 20.5 Å². The van der Waals surface area contributed by atoms with Gasteiger partial charge >= 0.3 is 0 Å². The fourth-order valence-electron chi connectivity index (χ4n) is 2.08. The van der Waals surface area contributed by atoms with Crippen molar-refractivity contribution in [2.24, 2.45) is 0 Å². The van der Waals surface area contributed by atoms with Crippen molar-refractivity contribution in [1.82, 2.24) is 4.98 Å². The molecule has 0 unspecified atom stereocenters. The molecule has 0 atom stereocenters. The molecule has 0 aliphatic carbocycles. The van der Waals surface area contributed by atoms with Gasteiger partial charge in [0.15, 0.2) is 10.9 Å². The van der Waals surface area contributed by atoms with Gasteiger partial charge in [0.25, 0.3) is 5.91 Å². The summed E-state index contributed by atoms with van der Waals surface area (Å²) >= 11 is 1.33. The molecule has 0 saturated heterocycles. The summed E-state index contributed by atoms with van der Waals surface area (Å²) in [6.07, 6.45) is 1.04. The van der Waals surface area contributed by atoms with Crippen molar-refractivity contribution < 1.29 is 18.3 Å². The van der Waals surface area contributed by atoms with E-state index in [1.807, 2.05) is 13.8 Å². The Morgan fingerprint density at radius 2 is 2.12 bits per heavy atom. The molecule has 0 spiro atoms. The SMILES string of the molecule is Cc1nc(NC(=O)c2cc(=O)c(OCc3ccccc3F)co2)sc1C. The summed E-state index contributed by atoms with van der Waals surface area (Å²) in [6.45, 7) is 3.61. The highest BCUT2D eigenvalue weighted by Gasteiger charge is 2.15. The molecule has 0 radical (unpaired) electrons. The van der Waals surface area contributed by atoms with E-state index in [0.29, 0.717) is 10.7 Å². The van der Waals surface area contributed by atoms with Gasteiger partial charge < -0.3 is 9.15 Å². The molecule has 0 aliphatic rings. The third kappa shape index (κ3) is 3.97. The van der Waals surface area contributed by atoms with E-state index < -0.39 is 17.2 Å². The number of rotatable bonds is 5. The average Bonchev–Trinajstić information content (AvgIpc) is 2.92. The van der Waals surface area contributed by atoms with E-state index in [2.05, 4.69) is 10.3 Å². The molecular weight excluding hydrogens is 359 g/mol. The quantitative estimate of drug-likeness (QED) is 0.737. The number of aryl methyl sites for hydroxylation is 2. The van der Waals surface area contributed by atoms with Gasteiger partial charge in [0.1, 0.15) is 18.7 Å². The third-order valence-electron chi connectivity index (χ3n) is 3.61. The van der Waals surface area contributed by atoms with E-state index in [0.717, 1.165) is 22.9 Å². The largest absolute Gasteiger partial charge is 0.482 e. The predicted molar refractivity (Wildman–Crippen MR) is 95.3 cm³/mol. The highest BCUT2D eigenvalue weighted by Crippen LogP contribution is 2.21. The minimum atomic E-state index is -0.587. The lowest BCUT2D eigenvalue weighted by atomic mass is 10.2. The number of nitrogens with one attached hydrogen (secondary N) is 1. The first kappa shape index (κ1) is 17.8. The number of carbonyl (C=O) groups excluding carboxylic acids is 1. The molecule has 26 heavy (non-hydrogen) atoms. The van der Waals surface area contributed by atoms with Gasteiger partial charge in [-0.3, -0.25) is 14.9 Å². The summed E-state index contributed by atoms with van der Waals surface area (Å²) in [4.78, 5) is 29.4. The molecule has 3 rings (SSSR count). The van der Waals surface area contributed by atoms with Crippen molar-refractivity contribution in [2.75, 3.05) is 5.32 Å². The molecule has 3 aromatic rings. The second kappa shape index (κ2) is 7.49. The molecule has 0 bridgehead atoms. The van der Waals surface area contributed by atoms with Gasteiger partial charge in [0.05, 0.1) is 5.69 Å². The molecule has 1 aromatic carbocycles. The van der Waals surface area contributed by atoms with E-state index in [-0.39, 0.29) is 18.1 Å². The molecule has 2 heterocycles. The Morgan fingerprint density at radius 1 is 1.35 bits per heavy atom. The van der Waals surface area contributed by atoms with Crippen LogP contribution in [0.15, 0.2) is 45.8 Å². The van der Waals surface area contributed by atoms with Crippen molar-refractivity contribution in [1.29, 1.82) is 0 Å². The molecular formula is C18H15FN2O4S.